The zero-order chi connectivity index (χ0) is 8.27. The maximum atomic E-state index is 6.87. The third-order valence-corrected chi connectivity index (χ3v) is 1.72. The van der Waals surface area contributed by atoms with Gasteiger partial charge in [-0.1, -0.05) is 26.0 Å². The van der Waals surface area contributed by atoms with Crippen LogP contribution in [0.5, 0.6) is 0 Å². The van der Waals surface area contributed by atoms with Gasteiger partial charge in [0.05, 0.1) is 0 Å². The van der Waals surface area contributed by atoms with E-state index in [1.54, 1.807) is 0 Å². The SMILES string of the molecule is [C-]#Cc1ccc(C(C)C)cc1.[Li+]. The molecule has 0 saturated carbocycles. The van der Waals surface area contributed by atoms with Crippen LogP contribution in [0.4, 0.5) is 0 Å². The molecule has 0 spiro atoms. The van der Waals surface area contributed by atoms with Gasteiger partial charge < -0.3 is 6.42 Å². The van der Waals surface area contributed by atoms with Crippen LogP contribution < -0.4 is 18.9 Å². The summed E-state index contributed by atoms with van der Waals surface area (Å²) in [7, 11) is 0. The van der Waals surface area contributed by atoms with Crippen molar-refractivity contribution in [2.75, 3.05) is 0 Å². The summed E-state index contributed by atoms with van der Waals surface area (Å²) in [5, 5.41) is 0. The topological polar surface area (TPSA) is 0 Å². The van der Waals surface area contributed by atoms with Gasteiger partial charge in [-0.3, -0.25) is 5.92 Å². The van der Waals surface area contributed by atoms with E-state index in [0.717, 1.165) is 5.56 Å². The molecule has 0 aromatic heterocycles. The molecule has 1 heteroatoms. The molecule has 0 bridgehead atoms. The maximum absolute atomic E-state index is 6.87. The number of benzene rings is 1. The van der Waals surface area contributed by atoms with E-state index in [-0.39, 0.29) is 18.9 Å². The average Bonchev–Trinajstić information content (AvgIpc) is 2.05. The summed E-state index contributed by atoms with van der Waals surface area (Å²) in [6.07, 6.45) is 6.87. The van der Waals surface area contributed by atoms with Gasteiger partial charge in [0.15, 0.2) is 0 Å². The predicted molar refractivity (Wildman–Crippen MR) is 46.8 cm³/mol. The standard InChI is InChI=1S/C11H11.Li/c1-4-10-5-7-11(8-6-10)9(2)3;/h5-9H,2-3H3;/q-1;+1. The van der Waals surface area contributed by atoms with Crippen LogP contribution >= 0.6 is 0 Å². The summed E-state index contributed by atoms with van der Waals surface area (Å²) < 4.78 is 0. The number of rotatable bonds is 1. The molecule has 0 aliphatic carbocycles. The first kappa shape index (κ1) is 11.4. The fourth-order valence-corrected chi connectivity index (χ4v) is 0.951. The summed E-state index contributed by atoms with van der Waals surface area (Å²) in [6, 6.07) is 7.92. The molecular weight excluding hydrogens is 139 g/mol. The van der Waals surface area contributed by atoms with E-state index in [4.69, 9.17) is 6.42 Å². The maximum Gasteiger partial charge on any atom is 1.00 e. The zero-order valence-corrected chi connectivity index (χ0v) is 7.89. The molecule has 1 aromatic rings. The Morgan fingerprint density at radius 1 is 1.17 bits per heavy atom. The molecule has 0 unspecified atom stereocenters. The van der Waals surface area contributed by atoms with Crippen molar-refractivity contribution in [1.29, 1.82) is 0 Å². The molecule has 0 aliphatic heterocycles. The summed E-state index contributed by atoms with van der Waals surface area (Å²) >= 11 is 0. The molecule has 0 amide bonds. The van der Waals surface area contributed by atoms with Gasteiger partial charge in [-0.05, 0) is 11.5 Å². The van der Waals surface area contributed by atoms with E-state index < -0.39 is 0 Å². The van der Waals surface area contributed by atoms with Crippen LogP contribution in [0.25, 0.3) is 0 Å². The summed E-state index contributed by atoms with van der Waals surface area (Å²) in [5.74, 6) is 2.91. The van der Waals surface area contributed by atoms with Crippen LogP contribution in [0.2, 0.25) is 0 Å². The fraction of sp³-hybridized carbons (Fsp3) is 0.273. The minimum atomic E-state index is 0. The van der Waals surface area contributed by atoms with Gasteiger partial charge in [-0.2, -0.15) is 0 Å². The summed E-state index contributed by atoms with van der Waals surface area (Å²) in [4.78, 5) is 0. The van der Waals surface area contributed by atoms with Crippen molar-refractivity contribution in [1.82, 2.24) is 0 Å². The van der Waals surface area contributed by atoms with E-state index in [1.807, 2.05) is 24.3 Å². The Labute approximate surface area is 86.6 Å². The molecule has 0 aliphatic rings. The molecule has 1 rings (SSSR count). The molecule has 0 N–H and O–H groups in total. The summed E-state index contributed by atoms with van der Waals surface area (Å²) in [6.45, 7) is 4.31. The fourth-order valence-electron chi connectivity index (χ4n) is 0.951. The first-order valence-electron chi connectivity index (χ1n) is 3.76. The Morgan fingerprint density at radius 3 is 2.00 bits per heavy atom. The first-order chi connectivity index (χ1) is 5.24. The Balaban J connectivity index is 0.00000121. The molecule has 1 aromatic carbocycles. The van der Waals surface area contributed by atoms with Crippen molar-refractivity contribution < 1.29 is 18.9 Å². The van der Waals surface area contributed by atoms with E-state index >= 15 is 0 Å². The Kier molecular flexibility index (Phi) is 4.83. The van der Waals surface area contributed by atoms with Crippen LogP contribution in [0, 0.1) is 12.3 Å². The van der Waals surface area contributed by atoms with E-state index in [1.165, 1.54) is 5.56 Å². The van der Waals surface area contributed by atoms with Crippen LogP contribution in [-0.4, -0.2) is 0 Å². The second-order valence-electron chi connectivity index (χ2n) is 2.90. The molecule has 56 valence electrons. The third-order valence-electron chi connectivity index (χ3n) is 1.72. The number of hydrogen-bond acceptors (Lipinski definition) is 0. The van der Waals surface area contributed by atoms with Gasteiger partial charge >= 0.3 is 18.9 Å². The van der Waals surface area contributed by atoms with Gasteiger partial charge in [0.1, 0.15) is 0 Å². The molecule has 0 nitrogen and oxygen atoms in total. The molecule has 0 radical (unpaired) electrons. The molecule has 0 saturated heterocycles. The monoisotopic (exact) mass is 150 g/mol. The van der Waals surface area contributed by atoms with Crippen LogP contribution in [0.3, 0.4) is 0 Å². The Bertz CT molecular complexity index is 264. The van der Waals surface area contributed by atoms with Gasteiger partial charge in [0.2, 0.25) is 0 Å². The van der Waals surface area contributed by atoms with Crippen LogP contribution in [-0.2, 0) is 0 Å². The molecule has 0 fully saturated rings. The van der Waals surface area contributed by atoms with Gasteiger partial charge in [-0.15, -0.1) is 17.7 Å². The average molecular weight is 150 g/mol. The van der Waals surface area contributed by atoms with Crippen molar-refractivity contribution in [3.63, 3.8) is 0 Å². The molecule has 12 heavy (non-hydrogen) atoms. The zero-order valence-electron chi connectivity index (χ0n) is 7.89. The van der Waals surface area contributed by atoms with E-state index in [0.29, 0.717) is 5.92 Å². The van der Waals surface area contributed by atoms with Crippen molar-refractivity contribution in [3.05, 3.63) is 41.8 Å². The largest absolute Gasteiger partial charge is 1.00 e. The van der Waals surface area contributed by atoms with E-state index in [9.17, 15) is 0 Å². The molecular formula is C11H11Li. The van der Waals surface area contributed by atoms with Crippen molar-refractivity contribution >= 4 is 0 Å². The van der Waals surface area contributed by atoms with Crippen molar-refractivity contribution in [2.24, 2.45) is 0 Å². The summed E-state index contributed by atoms with van der Waals surface area (Å²) in [5.41, 5.74) is 2.15. The second-order valence-corrected chi connectivity index (χ2v) is 2.90. The molecule has 0 heterocycles. The third kappa shape index (κ3) is 2.78. The van der Waals surface area contributed by atoms with Gasteiger partial charge in [0.25, 0.3) is 0 Å². The van der Waals surface area contributed by atoms with E-state index in [2.05, 4.69) is 19.8 Å². The first-order valence-corrected chi connectivity index (χ1v) is 3.76. The smallest absolute Gasteiger partial charge is 0.366 e. The van der Waals surface area contributed by atoms with Crippen molar-refractivity contribution in [2.45, 2.75) is 19.8 Å². The second kappa shape index (κ2) is 5.10. The minimum absolute atomic E-state index is 0. The predicted octanol–water partition coefficient (Wildman–Crippen LogP) is -0.248. The van der Waals surface area contributed by atoms with Crippen LogP contribution in [0.1, 0.15) is 30.9 Å². The van der Waals surface area contributed by atoms with Gasteiger partial charge in [0, 0.05) is 0 Å². The van der Waals surface area contributed by atoms with Gasteiger partial charge in [-0.25, -0.2) is 0 Å². The molecule has 0 atom stereocenters. The normalized spacial score (nSPS) is 8.83. The Morgan fingerprint density at radius 2 is 1.67 bits per heavy atom. The quantitative estimate of drug-likeness (QED) is 0.294. The Hall–Kier alpha value is -0.623. The minimum Gasteiger partial charge on any atom is -0.366 e. The van der Waals surface area contributed by atoms with Crippen molar-refractivity contribution in [3.8, 4) is 5.92 Å². The van der Waals surface area contributed by atoms with Crippen LogP contribution in [0.15, 0.2) is 24.3 Å². The number of hydrogen-bond donors (Lipinski definition) is 0.